The number of amides is 1. The molecule has 16 heavy (non-hydrogen) atoms. The number of carbonyl (C=O) groups excluding carboxylic acids is 1. The van der Waals surface area contributed by atoms with Crippen LogP contribution < -0.4 is 4.74 Å². The van der Waals surface area contributed by atoms with E-state index in [0.29, 0.717) is 0 Å². The van der Waals surface area contributed by atoms with Gasteiger partial charge in [0.2, 0.25) is 0 Å². The zero-order chi connectivity index (χ0) is 12.1. The van der Waals surface area contributed by atoms with Crippen LogP contribution in [0.1, 0.15) is 10.4 Å². The predicted molar refractivity (Wildman–Crippen MR) is 58.7 cm³/mol. The largest absolute Gasteiger partial charge is 0.494 e. The number of halogens is 1. The number of hydrogen-bond donors (Lipinski definition) is 0. The van der Waals surface area contributed by atoms with Gasteiger partial charge in [-0.2, -0.15) is 0 Å². The van der Waals surface area contributed by atoms with Gasteiger partial charge in [-0.25, -0.2) is 4.39 Å². The molecule has 0 N–H and O–H groups in total. The Morgan fingerprint density at radius 3 is 2.81 bits per heavy atom. The van der Waals surface area contributed by atoms with Crippen molar-refractivity contribution in [1.29, 1.82) is 0 Å². The highest BCUT2D eigenvalue weighted by Gasteiger charge is 2.13. The van der Waals surface area contributed by atoms with Gasteiger partial charge in [-0.1, -0.05) is 5.92 Å². The zero-order valence-corrected chi connectivity index (χ0v) is 9.16. The molecule has 0 radical (unpaired) electrons. The van der Waals surface area contributed by atoms with E-state index in [1.165, 1.54) is 24.1 Å². The van der Waals surface area contributed by atoms with Crippen molar-refractivity contribution in [3.63, 3.8) is 0 Å². The predicted octanol–water partition coefficient (Wildman–Crippen LogP) is 1.54. The molecule has 0 aliphatic carbocycles. The van der Waals surface area contributed by atoms with E-state index in [1.54, 1.807) is 7.05 Å². The van der Waals surface area contributed by atoms with E-state index in [2.05, 4.69) is 5.92 Å². The summed E-state index contributed by atoms with van der Waals surface area (Å²) in [4.78, 5) is 13.0. The minimum Gasteiger partial charge on any atom is -0.494 e. The second kappa shape index (κ2) is 5.17. The molecular formula is C12H12FNO2. The number of rotatable bonds is 3. The lowest BCUT2D eigenvalue weighted by Crippen LogP contribution is -2.27. The van der Waals surface area contributed by atoms with Crippen molar-refractivity contribution >= 4 is 5.91 Å². The summed E-state index contributed by atoms with van der Waals surface area (Å²) in [5.74, 6) is 1.56. The fourth-order valence-corrected chi connectivity index (χ4v) is 1.23. The second-order valence-corrected chi connectivity index (χ2v) is 3.21. The highest BCUT2D eigenvalue weighted by molar-refractivity contribution is 5.94. The third-order valence-corrected chi connectivity index (χ3v) is 2.07. The molecule has 0 saturated heterocycles. The Hall–Kier alpha value is -2.02. The summed E-state index contributed by atoms with van der Waals surface area (Å²) in [6.45, 7) is 0.187. The summed E-state index contributed by atoms with van der Waals surface area (Å²) in [6.07, 6.45) is 5.08. The van der Waals surface area contributed by atoms with E-state index in [0.717, 1.165) is 6.07 Å². The van der Waals surface area contributed by atoms with Gasteiger partial charge in [0.05, 0.1) is 13.7 Å². The Kier molecular flexibility index (Phi) is 3.90. The minimum absolute atomic E-state index is 0.108. The van der Waals surface area contributed by atoms with Crippen LogP contribution >= 0.6 is 0 Å². The maximum Gasteiger partial charge on any atom is 0.254 e. The van der Waals surface area contributed by atoms with Gasteiger partial charge in [-0.15, -0.1) is 6.42 Å². The van der Waals surface area contributed by atoms with Gasteiger partial charge in [0.25, 0.3) is 5.91 Å². The summed E-state index contributed by atoms with van der Waals surface area (Å²) in [7, 11) is 2.93. The third kappa shape index (κ3) is 2.51. The SMILES string of the molecule is C#CCN(C)C(=O)c1ccc(OC)c(F)c1. The number of ether oxygens (including phenoxy) is 1. The molecule has 0 bridgehead atoms. The average Bonchev–Trinajstić information content (AvgIpc) is 2.28. The molecule has 0 heterocycles. The van der Waals surface area contributed by atoms with Gasteiger partial charge in [-0.05, 0) is 18.2 Å². The molecule has 1 aromatic carbocycles. The van der Waals surface area contributed by atoms with Crippen LogP contribution in [0.3, 0.4) is 0 Å². The fraction of sp³-hybridized carbons (Fsp3) is 0.250. The number of methoxy groups -OCH3 is 1. The second-order valence-electron chi connectivity index (χ2n) is 3.21. The van der Waals surface area contributed by atoms with Crippen LogP contribution in [0.5, 0.6) is 5.75 Å². The highest BCUT2D eigenvalue weighted by Crippen LogP contribution is 2.18. The standard InChI is InChI=1S/C12H12FNO2/c1-4-7-14(2)12(15)9-5-6-11(16-3)10(13)8-9/h1,5-6,8H,7H2,2-3H3. The Morgan fingerprint density at radius 2 is 2.31 bits per heavy atom. The molecule has 0 saturated carbocycles. The lowest BCUT2D eigenvalue weighted by Gasteiger charge is -2.14. The quantitative estimate of drug-likeness (QED) is 0.724. The summed E-state index contributed by atoms with van der Waals surface area (Å²) in [6, 6.07) is 4.04. The van der Waals surface area contributed by atoms with Crippen molar-refractivity contribution in [3.8, 4) is 18.1 Å². The van der Waals surface area contributed by atoms with E-state index in [1.807, 2.05) is 0 Å². The first kappa shape index (κ1) is 12.1. The normalized spacial score (nSPS) is 9.38. The van der Waals surface area contributed by atoms with Crippen LogP contribution in [-0.4, -0.2) is 31.5 Å². The Labute approximate surface area is 93.8 Å². The molecule has 0 aliphatic rings. The van der Waals surface area contributed by atoms with E-state index >= 15 is 0 Å². The van der Waals surface area contributed by atoms with Crippen molar-refractivity contribution in [1.82, 2.24) is 4.90 Å². The van der Waals surface area contributed by atoms with Gasteiger partial charge < -0.3 is 9.64 Å². The summed E-state index contributed by atoms with van der Waals surface area (Å²) in [5.41, 5.74) is 0.246. The van der Waals surface area contributed by atoms with Gasteiger partial charge in [0.1, 0.15) is 0 Å². The molecule has 1 rings (SSSR count). The molecule has 4 heteroatoms. The zero-order valence-electron chi connectivity index (χ0n) is 9.16. The first-order valence-electron chi connectivity index (χ1n) is 4.62. The van der Waals surface area contributed by atoms with Crippen molar-refractivity contribution in [2.75, 3.05) is 20.7 Å². The molecule has 0 unspecified atom stereocenters. The molecule has 1 amide bonds. The Morgan fingerprint density at radius 1 is 1.62 bits per heavy atom. The Bertz CT molecular complexity index is 437. The number of terminal acetylenes is 1. The fourth-order valence-electron chi connectivity index (χ4n) is 1.23. The van der Waals surface area contributed by atoms with Crippen molar-refractivity contribution < 1.29 is 13.9 Å². The minimum atomic E-state index is -0.567. The average molecular weight is 221 g/mol. The molecule has 0 fully saturated rings. The van der Waals surface area contributed by atoms with Gasteiger partial charge >= 0.3 is 0 Å². The maximum atomic E-state index is 13.3. The number of carbonyl (C=O) groups is 1. The first-order chi connectivity index (χ1) is 7.60. The third-order valence-electron chi connectivity index (χ3n) is 2.07. The highest BCUT2D eigenvalue weighted by atomic mass is 19.1. The van der Waals surface area contributed by atoms with Crippen molar-refractivity contribution in [2.24, 2.45) is 0 Å². The summed E-state index contributed by atoms with van der Waals surface area (Å²) >= 11 is 0. The Balaban J connectivity index is 2.94. The number of hydrogen-bond acceptors (Lipinski definition) is 2. The summed E-state index contributed by atoms with van der Waals surface area (Å²) in [5, 5.41) is 0. The molecule has 3 nitrogen and oxygen atoms in total. The van der Waals surface area contributed by atoms with Gasteiger partial charge in [0, 0.05) is 12.6 Å². The molecule has 84 valence electrons. The number of nitrogens with zero attached hydrogens (tertiary/aromatic N) is 1. The molecule has 0 aromatic heterocycles. The lowest BCUT2D eigenvalue weighted by molar-refractivity contribution is 0.0812. The number of benzene rings is 1. The summed E-state index contributed by atoms with van der Waals surface area (Å²) < 4.78 is 18.1. The molecule has 0 spiro atoms. The molecule has 0 atom stereocenters. The van der Waals surface area contributed by atoms with Crippen LogP contribution in [0.15, 0.2) is 18.2 Å². The lowest BCUT2D eigenvalue weighted by atomic mass is 10.2. The molecular weight excluding hydrogens is 209 g/mol. The van der Waals surface area contributed by atoms with Gasteiger partial charge in [-0.3, -0.25) is 4.79 Å². The monoisotopic (exact) mass is 221 g/mol. The van der Waals surface area contributed by atoms with Crippen LogP contribution in [-0.2, 0) is 0 Å². The van der Waals surface area contributed by atoms with E-state index < -0.39 is 5.82 Å². The van der Waals surface area contributed by atoms with Crippen molar-refractivity contribution in [2.45, 2.75) is 0 Å². The molecule has 0 aliphatic heterocycles. The van der Waals surface area contributed by atoms with Crippen LogP contribution in [0.25, 0.3) is 0 Å². The van der Waals surface area contributed by atoms with E-state index in [-0.39, 0.29) is 23.8 Å². The smallest absolute Gasteiger partial charge is 0.254 e. The maximum absolute atomic E-state index is 13.3. The topological polar surface area (TPSA) is 29.5 Å². The van der Waals surface area contributed by atoms with Crippen LogP contribution in [0, 0.1) is 18.2 Å². The van der Waals surface area contributed by atoms with Crippen molar-refractivity contribution in [3.05, 3.63) is 29.6 Å². The van der Waals surface area contributed by atoms with E-state index in [4.69, 9.17) is 11.2 Å². The van der Waals surface area contributed by atoms with E-state index in [9.17, 15) is 9.18 Å². The first-order valence-corrected chi connectivity index (χ1v) is 4.62. The van der Waals surface area contributed by atoms with Crippen LogP contribution in [0.4, 0.5) is 4.39 Å². The molecule has 1 aromatic rings. The van der Waals surface area contributed by atoms with Gasteiger partial charge in [0.15, 0.2) is 11.6 Å². The van der Waals surface area contributed by atoms with Crippen LogP contribution in [0.2, 0.25) is 0 Å².